The molecule has 1 atom stereocenters. The van der Waals surface area contributed by atoms with E-state index in [1.165, 1.54) is 19.2 Å². The van der Waals surface area contributed by atoms with Gasteiger partial charge >= 0.3 is 5.97 Å². The minimum atomic E-state index is -3.90. The minimum Gasteiger partial charge on any atom is -0.463 e. The molecule has 1 heterocycles. The van der Waals surface area contributed by atoms with Crippen molar-refractivity contribution in [2.75, 3.05) is 19.0 Å². The molecule has 0 aliphatic carbocycles. The zero-order valence-electron chi connectivity index (χ0n) is 10.7. The molecule has 20 heavy (non-hydrogen) atoms. The number of carbonyl (C=O) groups excluding carboxylic acids is 1. The van der Waals surface area contributed by atoms with Crippen LogP contribution < -0.4 is 5.32 Å². The zero-order chi connectivity index (χ0) is 15.1. The lowest BCUT2D eigenvalue weighted by Gasteiger charge is -2.33. The number of anilines is 1. The van der Waals surface area contributed by atoms with Crippen LogP contribution in [0.1, 0.15) is 6.92 Å². The van der Waals surface area contributed by atoms with Gasteiger partial charge in [0.25, 0.3) is 0 Å². The number of esters is 1. The number of nitrogens with one attached hydrogen (secondary N) is 1. The predicted molar refractivity (Wildman–Crippen MR) is 75.5 cm³/mol. The third-order valence-electron chi connectivity index (χ3n) is 2.81. The lowest BCUT2D eigenvalue weighted by molar-refractivity contribution is -0.146. The van der Waals surface area contributed by atoms with Crippen molar-refractivity contribution in [3.8, 4) is 0 Å². The van der Waals surface area contributed by atoms with Crippen LogP contribution in [0, 0.1) is 0 Å². The quantitative estimate of drug-likeness (QED) is 0.834. The Labute approximate surface area is 126 Å². The fourth-order valence-corrected chi connectivity index (χ4v) is 4.07. The number of hydrogen-bond donors (Lipinski definition) is 1. The molecule has 0 fully saturated rings. The number of sulfonamides is 1. The number of carbonyl (C=O) groups is 1. The SMILES string of the molecule is CCOC(=O)C1Nc2cc(Cl)cc(Cl)c2S(=O)(=O)N1C. The first-order valence-corrected chi connectivity index (χ1v) is 7.89. The van der Waals surface area contributed by atoms with Gasteiger partial charge in [-0.2, -0.15) is 4.31 Å². The molecule has 6 nitrogen and oxygen atoms in total. The monoisotopic (exact) mass is 338 g/mol. The van der Waals surface area contributed by atoms with Crippen LogP contribution in [-0.4, -0.2) is 38.5 Å². The van der Waals surface area contributed by atoms with Crippen LogP contribution in [-0.2, 0) is 19.6 Å². The molecule has 1 aliphatic heterocycles. The van der Waals surface area contributed by atoms with E-state index in [0.29, 0.717) is 0 Å². The Hall–Kier alpha value is -1.02. The Morgan fingerprint density at radius 3 is 2.70 bits per heavy atom. The van der Waals surface area contributed by atoms with Gasteiger partial charge in [-0.3, -0.25) is 0 Å². The Kier molecular flexibility index (Phi) is 4.15. The number of halogens is 2. The highest BCUT2D eigenvalue weighted by molar-refractivity contribution is 7.89. The fraction of sp³-hybridized carbons (Fsp3) is 0.364. The molecule has 2 rings (SSSR count). The molecule has 0 saturated heterocycles. The highest BCUT2D eigenvalue weighted by Gasteiger charge is 2.41. The number of rotatable bonds is 2. The standard InChI is InChI=1S/C11H12Cl2N2O4S/c1-3-19-11(16)10-14-8-5-6(12)4-7(13)9(8)20(17,18)15(10)2/h4-5,10,14H,3H2,1-2H3. The zero-order valence-corrected chi connectivity index (χ0v) is 13.0. The number of likely N-dealkylation sites (N-methyl/N-ethyl adjacent to an activating group) is 1. The molecule has 1 unspecified atom stereocenters. The molecule has 0 saturated carbocycles. The molecule has 1 aromatic rings. The minimum absolute atomic E-state index is 0.00541. The highest BCUT2D eigenvalue weighted by atomic mass is 35.5. The molecule has 110 valence electrons. The van der Waals surface area contributed by atoms with Gasteiger partial charge in [0.15, 0.2) is 6.17 Å². The van der Waals surface area contributed by atoms with E-state index in [2.05, 4.69) is 5.32 Å². The van der Waals surface area contributed by atoms with Crippen molar-refractivity contribution in [2.45, 2.75) is 18.0 Å². The van der Waals surface area contributed by atoms with E-state index in [1.54, 1.807) is 6.92 Å². The Morgan fingerprint density at radius 2 is 2.10 bits per heavy atom. The van der Waals surface area contributed by atoms with Crippen molar-refractivity contribution in [3.63, 3.8) is 0 Å². The van der Waals surface area contributed by atoms with Crippen LogP contribution in [0.4, 0.5) is 5.69 Å². The van der Waals surface area contributed by atoms with E-state index in [4.69, 9.17) is 27.9 Å². The van der Waals surface area contributed by atoms with Gasteiger partial charge in [-0.25, -0.2) is 13.2 Å². The summed E-state index contributed by atoms with van der Waals surface area (Å²) in [6.07, 6.45) is -1.15. The van der Waals surface area contributed by atoms with Crippen LogP contribution in [0.5, 0.6) is 0 Å². The second-order valence-corrected chi connectivity index (χ2v) is 6.86. The first kappa shape index (κ1) is 15.4. The average Bonchev–Trinajstić information content (AvgIpc) is 2.32. The van der Waals surface area contributed by atoms with Gasteiger partial charge in [0.05, 0.1) is 17.3 Å². The van der Waals surface area contributed by atoms with Crippen LogP contribution >= 0.6 is 23.2 Å². The first-order valence-electron chi connectivity index (χ1n) is 5.69. The van der Waals surface area contributed by atoms with Gasteiger partial charge in [-0.15, -0.1) is 0 Å². The summed E-state index contributed by atoms with van der Waals surface area (Å²) < 4.78 is 30.5. The van der Waals surface area contributed by atoms with Crippen molar-refractivity contribution >= 4 is 44.9 Å². The van der Waals surface area contributed by atoms with E-state index < -0.39 is 22.2 Å². The van der Waals surface area contributed by atoms with Gasteiger partial charge in [-0.05, 0) is 19.1 Å². The number of ether oxygens (including phenoxy) is 1. The normalized spacial score (nSPS) is 20.9. The van der Waals surface area contributed by atoms with Crippen molar-refractivity contribution < 1.29 is 17.9 Å². The van der Waals surface area contributed by atoms with E-state index in [0.717, 1.165) is 4.31 Å². The van der Waals surface area contributed by atoms with E-state index in [9.17, 15) is 13.2 Å². The molecule has 1 aliphatic rings. The molecule has 0 spiro atoms. The smallest absolute Gasteiger partial charge is 0.345 e. The Bertz CT molecular complexity index is 663. The van der Waals surface area contributed by atoms with Crippen LogP contribution in [0.15, 0.2) is 17.0 Å². The second-order valence-electron chi connectivity index (χ2n) is 4.08. The van der Waals surface area contributed by atoms with Crippen molar-refractivity contribution in [1.82, 2.24) is 4.31 Å². The molecule has 0 bridgehead atoms. The summed E-state index contributed by atoms with van der Waals surface area (Å²) in [5, 5.41) is 3.03. The topological polar surface area (TPSA) is 75.7 Å². The van der Waals surface area contributed by atoms with Gasteiger partial charge in [0.1, 0.15) is 4.90 Å². The first-order chi connectivity index (χ1) is 9.28. The summed E-state index contributed by atoms with van der Waals surface area (Å²) >= 11 is 11.8. The van der Waals surface area contributed by atoms with E-state index in [-0.39, 0.29) is 27.2 Å². The summed E-state index contributed by atoms with van der Waals surface area (Å²) in [5.74, 6) is -0.694. The number of benzene rings is 1. The lowest BCUT2D eigenvalue weighted by Crippen LogP contribution is -2.51. The summed E-state index contributed by atoms with van der Waals surface area (Å²) in [5.41, 5.74) is 0.179. The maximum atomic E-state index is 12.4. The summed E-state index contributed by atoms with van der Waals surface area (Å²) in [6, 6.07) is 2.74. The number of fused-ring (bicyclic) bond motifs is 1. The van der Waals surface area contributed by atoms with Gasteiger partial charge in [0.2, 0.25) is 10.0 Å². The predicted octanol–water partition coefficient (Wildman–Crippen LogP) is 1.93. The maximum Gasteiger partial charge on any atom is 0.345 e. The molecule has 0 aromatic heterocycles. The van der Waals surface area contributed by atoms with Crippen molar-refractivity contribution in [2.24, 2.45) is 0 Å². The number of hydrogen-bond acceptors (Lipinski definition) is 5. The van der Waals surface area contributed by atoms with Gasteiger partial charge < -0.3 is 10.1 Å². The molecular weight excluding hydrogens is 327 g/mol. The van der Waals surface area contributed by atoms with Crippen molar-refractivity contribution in [1.29, 1.82) is 0 Å². The summed E-state index contributed by atoms with van der Waals surface area (Å²) in [7, 11) is -2.63. The number of nitrogens with zero attached hydrogens (tertiary/aromatic N) is 1. The van der Waals surface area contributed by atoms with Crippen LogP contribution in [0.2, 0.25) is 10.0 Å². The molecular formula is C11H12Cl2N2O4S. The summed E-state index contributed by atoms with van der Waals surface area (Å²) in [4.78, 5) is 11.7. The van der Waals surface area contributed by atoms with E-state index >= 15 is 0 Å². The van der Waals surface area contributed by atoms with Gasteiger partial charge in [-0.1, -0.05) is 23.2 Å². The molecule has 1 N–H and O–H groups in total. The van der Waals surface area contributed by atoms with Crippen LogP contribution in [0.3, 0.4) is 0 Å². The van der Waals surface area contributed by atoms with E-state index in [1.807, 2.05) is 0 Å². The average molecular weight is 339 g/mol. The molecule has 1 aromatic carbocycles. The van der Waals surface area contributed by atoms with Crippen LogP contribution in [0.25, 0.3) is 0 Å². The highest BCUT2D eigenvalue weighted by Crippen LogP contribution is 2.38. The van der Waals surface area contributed by atoms with Crippen molar-refractivity contribution in [3.05, 3.63) is 22.2 Å². The fourth-order valence-electron chi connectivity index (χ4n) is 1.88. The molecule has 0 radical (unpaired) electrons. The third-order valence-corrected chi connectivity index (χ3v) is 5.36. The maximum absolute atomic E-state index is 12.4. The largest absolute Gasteiger partial charge is 0.463 e. The Balaban J connectivity index is 2.57. The lowest BCUT2D eigenvalue weighted by atomic mass is 10.3. The second kappa shape index (κ2) is 5.40. The Morgan fingerprint density at radius 1 is 1.45 bits per heavy atom. The third kappa shape index (κ3) is 2.46. The summed E-state index contributed by atoms with van der Waals surface area (Å²) in [6.45, 7) is 1.78. The molecule has 0 amide bonds. The van der Waals surface area contributed by atoms with Gasteiger partial charge in [0, 0.05) is 12.1 Å². The molecule has 9 heteroatoms.